The fourth-order valence-corrected chi connectivity index (χ4v) is 3.50. The number of rotatable bonds is 5. The molecule has 25 heavy (non-hydrogen) atoms. The smallest absolute Gasteiger partial charge is 0.272 e. The maximum absolute atomic E-state index is 12.6. The zero-order chi connectivity index (χ0) is 17.6. The first-order chi connectivity index (χ1) is 12.1. The summed E-state index contributed by atoms with van der Waals surface area (Å²) in [6.07, 6.45) is 1.65. The summed E-state index contributed by atoms with van der Waals surface area (Å²) >= 11 is 8.73. The number of nitrogens with one attached hydrogen (secondary N) is 2. The van der Waals surface area contributed by atoms with E-state index in [0.29, 0.717) is 15.6 Å². The van der Waals surface area contributed by atoms with Gasteiger partial charge in [0, 0.05) is 15.6 Å². The van der Waals surface area contributed by atoms with Crippen LogP contribution >= 0.6 is 34.3 Å². The highest BCUT2D eigenvalue weighted by Gasteiger charge is 2.16. The average Bonchev–Trinajstić information content (AvgIpc) is 3.28. The van der Waals surface area contributed by atoms with Gasteiger partial charge in [-0.15, -0.1) is 22.7 Å². The predicted octanol–water partition coefficient (Wildman–Crippen LogP) is 4.87. The van der Waals surface area contributed by atoms with Crippen molar-refractivity contribution in [3.63, 3.8) is 0 Å². The molecule has 0 saturated carbocycles. The van der Waals surface area contributed by atoms with Gasteiger partial charge in [-0.2, -0.15) is 0 Å². The van der Waals surface area contributed by atoms with Gasteiger partial charge in [0.1, 0.15) is 5.70 Å². The molecule has 0 radical (unpaired) electrons. The summed E-state index contributed by atoms with van der Waals surface area (Å²) in [6.45, 7) is 0. The monoisotopic (exact) mass is 388 g/mol. The number of hydrogen-bond acceptors (Lipinski definition) is 4. The van der Waals surface area contributed by atoms with Crippen LogP contribution < -0.4 is 10.6 Å². The number of benzene rings is 1. The summed E-state index contributed by atoms with van der Waals surface area (Å²) < 4.78 is 0. The molecule has 0 saturated heterocycles. The molecule has 0 spiro atoms. The van der Waals surface area contributed by atoms with Gasteiger partial charge in [-0.05, 0) is 47.2 Å². The highest BCUT2D eigenvalue weighted by Crippen LogP contribution is 2.18. The molecule has 4 nitrogen and oxygen atoms in total. The molecule has 126 valence electrons. The van der Waals surface area contributed by atoms with Crippen LogP contribution in [-0.2, 0) is 4.79 Å². The van der Waals surface area contributed by atoms with Crippen LogP contribution in [0.2, 0.25) is 5.02 Å². The molecule has 0 fully saturated rings. The van der Waals surface area contributed by atoms with E-state index in [-0.39, 0.29) is 11.6 Å². The van der Waals surface area contributed by atoms with Gasteiger partial charge in [-0.1, -0.05) is 29.8 Å². The second-order valence-corrected chi connectivity index (χ2v) is 7.33. The third kappa shape index (κ3) is 4.79. The first-order valence-electron chi connectivity index (χ1n) is 7.29. The van der Waals surface area contributed by atoms with Crippen LogP contribution in [0.25, 0.3) is 6.08 Å². The largest absolute Gasteiger partial charge is 0.321 e. The van der Waals surface area contributed by atoms with Crippen LogP contribution in [0, 0.1) is 0 Å². The van der Waals surface area contributed by atoms with E-state index in [4.69, 9.17) is 11.6 Å². The standard InChI is InChI=1S/C18H13ClN2O2S2/c19-12-4-1-5-13(10-12)20-17(22)15(11-14-6-2-8-24-14)21-18(23)16-7-3-9-25-16/h1-11H,(H,20,22)(H,21,23)/b15-11+. The fourth-order valence-electron chi connectivity index (χ4n) is 2.03. The van der Waals surface area contributed by atoms with Gasteiger partial charge in [0.2, 0.25) is 0 Å². The molecule has 2 amide bonds. The van der Waals surface area contributed by atoms with Crippen LogP contribution in [0.4, 0.5) is 5.69 Å². The Morgan fingerprint density at radius 2 is 1.80 bits per heavy atom. The summed E-state index contributed by atoms with van der Waals surface area (Å²) in [5.74, 6) is -0.736. The van der Waals surface area contributed by atoms with Crippen molar-refractivity contribution >= 4 is 57.9 Å². The molecule has 0 aliphatic carbocycles. The number of hydrogen-bond donors (Lipinski definition) is 2. The normalized spacial score (nSPS) is 11.2. The molecule has 0 bridgehead atoms. The lowest BCUT2D eigenvalue weighted by atomic mass is 10.2. The molecule has 1 aromatic carbocycles. The second-order valence-electron chi connectivity index (χ2n) is 4.97. The zero-order valence-electron chi connectivity index (χ0n) is 12.9. The van der Waals surface area contributed by atoms with Crippen molar-refractivity contribution in [2.75, 3.05) is 5.32 Å². The maximum Gasteiger partial charge on any atom is 0.272 e. The minimum Gasteiger partial charge on any atom is -0.321 e. The van der Waals surface area contributed by atoms with E-state index in [1.54, 1.807) is 42.5 Å². The molecule has 3 rings (SSSR count). The van der Waals surface area contributed by atoms with Crippen LogP contribution in [0.1, 0.15) is 14.5 Å². The van der Waals surface area contributed by atoms with Crippen molar-refractivity contribution < 1.29 is 9.59 Å². The molecule has 0 atom stereocenters. The van der Waals surface area contributed by atoms with Crippen LogP contribution in [0.5, 0.6) is 0 Å². The van der Waals surface area contributed by atoms with E-state index in [2.05, 4.69) is 10.6 Å². The Morgan fingerprint density at radius 3 is 2.48 bits per heavy atom. The quantitative estimate of drug-likeness (QED) is 0.612. The van der Waals surface area contributed by atoms with Gasteiger partial charge in [0.05, 0.1) is 4.88 Å². The number of carbonyl (C=O) groups excluding carboxylic acids is 2. The van der Waals surface area contributed by atoms with Gasteiger partial charge in [0.25, 0.3) is 11.8 Å². The summed E-state index contributed by atoms with van der Waals surface area (Å²) in [6, 6.07) is 14.1. The Bertz CT molecular complexity index is 903. The van der Waals surface area contributed by atoms with E-state index >= 15 is 0 Å². The Kier molecular flexibility index (Phi) is 5.65. The Balaban J connectivity index is 1.83. The van der Waals surface area contributed by atoms with Gasteiger partial charge in [-0.3, -0.25) is 9.59 Å². The zero-order valence-corrected chi connectivity index (χ0v) is 15.3. The summed E-state index contributed by atoms with van der Waals surface area (Å²) in [5, 5.41) is 9.66. The van der Waals surface area contributed by atoms with E-state index in [9.17, 15) is 9.59 Å². The lowest BCUT2D eigenvalue weighted by Crippen LogP contribution is -2.30. The van der Waals surface area contributed by atoms with E-state index in [0.717, 1.165) is 4.88 Å². The van der Waals surface area contributed by atoms with Crippen molar-refractivity contribution in [2.24, 2.45) is 0 Å². The first kappa shape index (κ1) is 17.4. The number of carbonyl (C=O) groups is 2. The Hall–Kier alpha value is -2.41. The van der Waals surface area contributed by atoms with Crippen LogP contribution in [0.15, 0.2) is 65.0 Å². The number of halogens is 1. The van der Waals surface area contributed by atoms with Gasteiger partial charge in [-0.25, -0.2) is 0 Å². The summed E-state index contributed by atoms with van der Waals surface area (Å²) in [5.41, 5.74) is 0.723. The minimum atomic E-state index is -0.416. The van der Waals surface area contributed by atoms with Crippen molar-refractivity contribution in [1.29, 1.82) is 0 Å². The van der Waals surface area contributed by atoms with E-state index in [1.165, 1.54) is 22.7 Å². The van der Waals surface area contributed by atoms with Gasteiger partial charge >= 0.3 is 0 Å². The Morgan fingerprint density at radius 1 is 1.00 bits per heavy atom. The van der Waals surface area contributed by atoms with Crippen molar-refractivity contribution in [3.8, 4) is 0 Å². The predicted molar refractivity (Wildman–Crippen MR) is 104 cm³/mol. The number of amides is 2. The third-order valence-corrected chi connectivity index (χ3v) is 5.07. The van der Waals surface area contributed by atoms with Crippen molar-refractivity contribution in [2.45, 2.75) is 0 Å². The SMILES string of the molecule is O=C(Nc1cccc(Cl)c1)/C(=C\c1cccs1)NC(=O)c1cccs1. The number of anilines is 1. The molecule has 0 aliphatic heterocycles. The van der Waals surface area contributed by atoms with Crippen LogP contribution in [0.3, 0.4) is 0 Å². The lowest BCUT2D eigenvalue weighted by Gasteiger charge is -2.10. The third-order valence-electron chi connectivity index (χ3n) is 3.15. The lowest BCUT2D eigenvalue weighted by molar-refractivity contribution is -0.113. The fraction of sp³-hybridized carbons (Fsp3) is 0. The molecule has 0 unspecified atom stereocenters. The maximum atomic E-state index is 12.6. The molecule has 3 aromatic rings. The molecular formula is C18H13ClN2O2S2. The van der Waals surface area contributed by atoms with Gasteiger partial charge in [0.15, 0.2) is 0 Å². The molecule has 2 aromatic heterocycles. The summed E-state index contributed by atoms with van der Waals surface area (Å²) in [4.78, 5) is 26.3. The second kappa shape index (κ2) is 8.11. The average molecular weight is 389 g/mol. The number of thiophene rings is 2. The highest BCUT2D eigenvalue weighted by atomic mass is 35.5. The topological polar surface area (TPSA) is 58.2 Å². The molecule has 0 aliphatic rings. The van der Waals surface area contributed by atoms with Crippen molar-refractivity contribution in [1.82, 2.24) is 5.32 Å². The van der Waals surface area contributed by atoms with E-state index < -0.39 is 5.91 Å². The molecular weight excluding hydrogens is 376 g/mol. The van der Waals surface area contributed by atoms with Crippen LogP contribution in [-0.4, -0.2) is 11.8 Å². The minimum absolute atomic E-state index is 0.167. The first-order valence-corrected chi connectivity index (χ1v) is 9.42. The molecule has 2 N–H and O–H groups in total. The molecule has 2 heterocycles. The Labute approximate surface area is 157 Å². The van der Waals surface area contributed by atoms with Gasteiger partial charge < -0.3 is 10.6 Å². The van der Waals surface area contributed by atoms with Crippen molar-refractivity contribution in [3.05, 3.63) is 79.8 Å². The van der Waals surface area contributed by atoms with E-state index in [1.807, 2.05) is 22.9 Å². The molecule has 7 heteroatoms. The highest BCUT2D eigenvalue weighted by molar-refractivity contribution is 7.12. The summed E-state index contributed by atoms with van der Waals surface area (Å²) in [7, 11) is 0.